The Kier molecular flexibility index (Phi) is 5.07. The highest BCUT2D eigenvalue weighted by molar-refractivity contribution is 5.98. The Morgan fingerprint density at radius 1 is 1.00 bits per heavy atom. The number of nitrogen functional groups attached to an aromatic ring is 1. The summed E-state index contributed by atoms with van der Waals surface area (Å²) in [6.45, 7) is 0. The van der Waals surface area contributed by atoms with Crippen molar-refractivity contribution in [2.45, 2.75) is 12.8 Å². The summed E-state index contributed by atoms with van der Waals surface area (Å²) in [5, 5.41) is 8.13. The molecule has 1 aromatic heterocycles. The molecule has 0 saturated carbocycles. The number of ketones is 1. The Hall–Kier alpha value is -3.42. The van der Waals surface area contributed by atoms with Crippen molar-refractivity contribution in [1.82, 2.24) is 10.2 Å². The Balaban J connectivity index is 1.71. The number of hydrogen-bond donors (Lipinski definition) is 1. The van der Waals surface area contributed by atoms with E-state index in [4.69, 9.17) is 5.73 Å². The molecule has 27 heavy (non-hydrogen) atoms. The van der Waals surface area contributed by atoms with E-state index in [0.29, 0.717) is 11.4 Å². The van der Waals surface area contributed by atoms with Gasteiger partial charge in [0.15, 0.2) is 11.5 Å². The third-order valence-electron chi connectivity index (χ3n) is 3.69. The fourth-order valence-corrected chi connectivity index (χ4v) is 2.42. The van der Waals surface area contributed by atoms with Crippen LogP contribution in [0.2, 0.25) is 0 Å². The number of halogens is 3. The predicted octanol–water partition coefficient (Wildman–Crippen LogP) is 4.05. The van der Waals surface area contributed by atoms with E-state index in [1.165, 1.54) is 6.07 Å². The Bertz CT molecular complexity index is 943. The van der Waals surface area contributed by atoms with Gasteiger partial charge < -0.3 is 10.5 Å². The highest BCUT2D eigenvalue weighted by Gasteiger charge is 2.32. The van der Waals surface area contributed by atoms with Crippen molar-refractivity contribution in [3.8, 4) is 17.0 Å². The minimum absolute atomic E-state index is 0.0546. The molecule has 0 radical (unpaired) electrons. The van der Waals surface area contributed by atoms with Crippen molar-refractivity contribution in [2.24, 2.45) is 0 Å². The largest absolute Gasteiger partial charge is 0.573 e. The van der Waals surface area contributed by atoms with Gasteiger partial charge >= 0.3 is 6.36 Å². The molecule has 3 rings (SSSR count). The Morgan fingerprint density at radius 3 is 2.33 bits per heavy atom. The number of carbonyl (C=O) groups excluding carboxylic acids is 1. The Labute approximate surface area is 152 Å². The van der Waals surface area contributed by atoms with Gasteiger partial charge in [0.05, 0.1) is 23.5 Å². The lowest BCUT2D eigenvalue weighted by Gasteiger charge is -2.11. The van der Waals surface area contributed by atoms with Crippen LogP contribution in [-0.2, 0) is 6.42 Å². The maximum absolute atomic E-state index is 12.3. The first-order chi connectivity index (χ1) is 12.8. The number of nitrogens with two attached hydrogens (primary N) is 1. The molecule has 0 unspecified atom stereocenters. The molecule has 0 aliphatic rings. The molecule has 8 heteroatoms. The van der Waals surface area contributed by atoms with Crippen LogP contribution >= 0.6 is 0 Å². The lowest BCUT2D eigenvalue weighted by Crippen LogP contribution is -2.18. The summed E-state index contributed by atoms with van der Waals surface area (Å²) in [5.74, 6) is -0.895. The second-order valence-electron chi connectivity index (χ2n) is 5.68. The van der Waals surface area contributed by atoms with Crippen LogP contribution in [-0.4, -0.2) is 22.3 Å². The molecule has 138 valence electrons. The van der Waals surface area contributed by atoms with Crippen LogP contribution in [0.1, 0.15) is 16.1 Å². The van der Waals surface area contributed by atoms with Gasteiger partial charge in [-0.3, -0.25) is 4.79 Å². The van der Waals surface area contributed by atoms with Crippen LogP contribution in [0.5, 0.6) is 5.75 Å². The molecule has 0 bridgehead atoms. The SMILES string of the molecule is Nc1cc(C(=O)Cc2ccc(-c3ccccc3)nn2)ccc1OC(F)(F)F. The van der Waals surface area contributed by atoms with Crippen LogP contribution in [0.4, 0.5) is 18.9 Å². The minimum Gasteiger partial charge on any atom is -0.404 e. The zero-order valence-corrected chi connectivity index (χ0v) is 13.9. The summed E-state index contributed by atoms with van der Waals surface area (Å²) in [6, 6.07) is 16.2. The van der Waals surface area contributed by atoms with E-state index in [9.17, 15) is 18.0 Å². The maximum Gasteiger partial charge on any atom is 0.573 e. The Morgan fingerprint density at radius 2 is 1.74 bits per heavy atom. The van der Waals surface area contributed by atoms with E-state index in [-0.39, 0.29) is 23.5 Å². The molecule has 0 aliphatic carbocycles. The van der Waals surface area contributed by atoms with Crippen LogP contribution in [0.3, 0.4) is 0 Å². The average molecular weight is 373 g/mol. The molecule has 0 aliphatic heterocycles. The number of hydrogen-bond acceptors (Lipinski definition) is 5. The molecular weight excluding hydrogens is 359 g/mol. The lowest BCUT2D eigenvalue weighted by atomic mass is 10.0. The van der Waals surface area contributed by atoms with Gasteiger partial charge in [-0.15, -0.1) is 13.2 Å². The zero-order chi connectivity index (χ0) is 19.4. The third kappa shape index (κ3) is 4.81. The van der Waals surface area contributed by atoms with Crippen LogP contribution in [0, 0.1) is 0 Å². The number of Topliss-reactive ketones (excluding diaryl/α,β-unsaturated/α-hetero) is 1. The van der Waals surface area contributed by atoms with Gasteiger partial charge in [-0.2, -0.15) is 10.2 Å². The van der Waals surface area contributed by atoms with E-state index < -0.39 is 12.1 Å². The maximum atomic E-state index is 12.3. The minimum atomic E-state index is -4.85. The molecule has 2 aromatic carbocycles. The topological polar surface area (TPSA) is 78.1 Å². The van der Waals surface area contributed by atoms with Crippen molar-refractivity contribution in [3.05, 3.63) is 71.9 Å². The van der Waals surface area contributed by atoms with Gasteiger partial charge in [0.1, 0.15) is 0 Å². The van der Waals surface area contributed by atoms with Gasteiger partial charge in [-0.05, 0) is 30.3 Å². The summed E-state index contributed by atoms with van der Waals surface area (Å²) < 4.78 is 40.6. The molecule has 0 amide bonds. The number of anilines is 1. The summed E-state index contributed by atoms with van der Waals surface area (Å²) in [6.07, 6.45) is -4.91. The van der Waals surface area contributed by atoms with Crippen molar-refractivity contribution < 1.29 is 22.7 Å². The lowest BCUT2D eigenvalue weighted by molar-refractivity contribution is -0.274. The average Bonchev–Trinajstić information content (AvgIpc) is 2.63. The summed E-state index contributed by atoms with van der Waals surface area (Å²) >= 11 is 0. The number of rotatable bonds is 5. The number of aromatic nitrogens is 2. The first-order valence-corrected chi connectivity index (χ1v) is 7.88. The number of carbonyl (C=O) groups is 1. The monoisotopic (exact) mass is 373 g/mol. The number of nitrogens with zero attached hydrogens (tertiary/aromatic N) is 2. The van der Waals surface area contributed by atoms with E-state index in [1.54, 1.807) is 12.1 Å². The van der Waals surface area contributed by atoms with E-state index in [0.717, 1.165) is 17.7 Å². The molecule has 5 nitrogen and oxygen atoms in total. The zero-order valence-electron chi connectivity index (χ0n) is 13.9. The second-order valence-corrected chi connectivity index (χ2v) is 5.68. The fraction of sp³-hybridized carbons (Fsp3) is 0.105. The van der Waals surface area contributed by atoms with Crippen molar-refractivity contribution >= 4 is 11.5 Å². The number of benzene rings is 2. The van der Waals surface area contributed by atoms with Gasteiger partial charge in [-0.1, -0.05) is 30.3 Å². The van der Waals surface area contributed by atoms with E-state index in [2.05, 4.69) is 14.9 Å². The summed E-state index contributed by atoms with van der Waals surface area (Å²) in [5.41, 5.74) is 7.44. The van der Waals surface area contributed by atoms with E-state index in [1.807, 2.05) is 30.3 Å². The summed E-state index contributed by atoms with van der Waals surface area (Å²) in [4.78, 5) is 12.3. The van der Waals surface area contributed by atoms with Crippen molar-refractivity contribution in [1.29, 1.82) is 0 Å². The molecule has 2 N–H and O–H groups in total. The fourth-order valence-electron chi connectivity index (χ4n) is 2.42. The standard InChI is InChI=1S/C19H14F3N3O2/c20-19(21,22)27-18-9-6-13(10-15(18)23)17(26)11-14-7-8-16(25-24-14)12-4-2-1-3-5-12/h1-10H,11,23H2. The van der Waals surface area contributed by atoms with Gasteiger partial charge in [0.2, 0.25) is 0 Å². The highest BCUT2D eigenvalue weighted by Crippen LogP contribution is 2.29. The second kappa shape index (κ2) is 7.45. The van der Waals surface area contributed by atoms with Gasteiger partial charge in [0.25, 0.3) is 0 Å². The van der Waals surface area contributed by atoms with Gasteiger partial charge in [-0.25, -0.2) is 0 Å². The molecule has 0 fully saturated rings. The molecule has 0 saturated heterocycles. The number of ether oxygens (including phenoxy) is 1. The first kappa shape index (κ1) is 18.4. The molecule has 0 spiro atoms. The normalized spacial score (nSPS) is 11.2. The van der Waals surface area contributed by atoms with Crippen LogP contribution in [0.25, 0.3) is 11.3 Å². The summed E-state index contributed by atoms with van der Waals surface area (Å²) in [7, 11) is 0. The first-order valence-electron chi connectivity index (χ1n) is 7.88. The van der Waals surface area contributed by atoms with Crippen molar-refractivity contribution in [3.63, 3.8) is 0 Å². The predicted molar refractivity (Wildman–Crippen MR) is 93.0 cm³/mol. The van der Waals surface area contributed by atoms with Crippen LogP contribution < -0.4 is 10.5 Å². The molecule has 1 heterocycles. The molecule has 0 atom stereocenters. The number of alkyl halides is 3. The molecular formula is C19H14F3N3O2. The highest BCUT2D eigenvalue weighted by atomic mass is 19.4. The van der Waals surface area contributed by atoms with E-state index >= 15 is 0 Å². The third-order valence-corrected chi connectivity index (χ3v) is 3.69. The van der Waals surface area contributed by atoms with Gasteiger partial charge in [0, 0.05) is 11.1 Å². The molecule has 3 aromatic rings. The van der Waals surface area contributed by atoms with Crippen LogP contribution in [0.15, 0.2) is 60.7 Å². The quantitative estimate of drug-likeness (QED) is 0.539. The smallest absolute Gasteiger partial charge is 0.404 e. The van der Waals surface area contributed by atoms with Crippen molar-refractivity contribution in [2.75, 3.05) is 5.73 Å².